The first-order valence-electron chi connectivity index (χ1n) is 12.7. The summed E-state index contributed by atoms with van der Waals surface area (Å²) in [5, 5.41) is 7.12. The van der Waals surface area contributed by atoms with Crippen LogP contribution in [0.2, 0.25) is 0 Å². The number of nitrogens with zero attached hydrogens (tertiary/aromatic N) is 1. The number of piperidine rings is 1. The molecule has 6 nitrogen and oxygen atoms in total. The average Bonchev–Trinajstić information content (AvgIpc) is 3.27. The summed E-state index contributed by atoms with van der Waals surface area (Å²) in [5.41, 5.74) is 3.92. The van der Waals surface area contributed by atoms with Crippen LogP contribution in [0.3, 0.4) is 0 Å². The molecule has 1 unspecified atom stereocenters. The molecule has 1 fully saturated rings. The Morgan fingerprint density at radius 1 is 1.12 bits per heavy atom. The number of carbonyl (C=O) groups is 1. The molecule has 3 aromatic rings. The number of aromatic nitrogens is 1. The van der Waals surface area contributed by atoms with Gasteiger partial charge < -0.3 is 25.3 Å². The van der Waals surface area contributed by atoms with E-state index in [1.54, 1.807) is 0 Å². The molecule has 2 heterocycles. The van der Waals surface area contributed by atoms with Crippen molar-refractivity contribution in [1.29, 1.82) is 0 Å². The molecule has 1 atom stereocenters. The first-order chi connectivity index (χ1) is 16.6. The molecule has 1 aromatic heterocycles. The molecule has 2 amide bonds. The number of para-hydroxylation sites is 2. The van der Waals surface area contributed by atoms with Crippen LogP contribution in [0.4, 0.5) is 16.2 Å². The monoisotopic (exact) mass is 462 g/mol. The summed E-state index contributed by atoms with van der Waals surface area (Å²) in [6.07, 6.45) is 7.93. The van der Waals surface area contributed by atoms with Gasteiger partial charge in [-0.25, -0.2) is 4.79 Å². The molecule has 0 bridgehead atoms. The highest BCUT2D eigenvalue weighted by atomic mass is 16.5. The van der Waals surface area contributed by atoms with Crippen molar-refractivity contribution in [1.82, 2.24) is 9.88 Å². The molecule has 1 aliphatic heterocycles. The summed E-state index contributed by atoms with van der Waals surface area (Å²) in [5.74, 6) is 1.23. The van der Waals surface area contributed by atoms with Gasteiger partial charge in [-0.2, -0.15) is 0 Å². The molecular weight excluding hydrogens is 424 g/mol. The number of hydrogen-bond acceptors (Lipinski definition) is 3. The van der Waals surface area contributed by atoms with Crippen LogP contribution in [0.1, 0.15) is 64.4 Å². The van der Waals surface area contributed by atoms with Gasteiger partial charge >= 0.3 is 6.03 Å². The average molecular weight is 463 g/mol. The van der Waals surface area contributed by atoms with Crippen LogP contribution in [0.15, 0.2) is 48.7 Å². The third-order valence-corrected chi connectivity index (χ3v) is 6.87. The zero-order valence-corrected chi connectivity index (χ0v) is 20.7. The number of amides is 2. The lowest BCUT2D eigenvalue weighted by Crippen LogP contribution is -2.39. The van der Waals surface area contributed by atoms with Crippen LogP contribution in [-0.2, 0) is 0 Å². The fourth-order valence-electron chi connectivity index (χ4n) is 5.00. The van der Waals surface area contributed by atoms with Crippen molar-refractivity contribution in [3.8, 4) is 5.75 Å². The normalized spacial score (nSPS) is 15.9. The summed E-state index contributed by atoms with van der Waals surface area (Å²) >= 11 is 0. The van der Waals surface area contributed by atoms with Crippen LogP contribution in [-0.4, -0.2) is 41.7 Å². The van der Waals surface area contributed by atoms with Crippen molar-refractivity contribution >= 4 is 28.3 Å². The second-order valence-electron chi connectivity index (χ2n) is 9.38. The van der Waals surface area contributed by atoms with Gasteiger partial charge in [0.2, 0.25) is 0 Å². The number of aromatic amines is 1. The number of benzene rings is 2. The van der Waals surface area contributed by atoms with E-state index in [1.807, 2.05) is 36.4 Å². The van der Waals surface area contributed by atoms with E-state index in [1.165, 1.54) is 36.6 Å². The zero-order chi connectivity index (χ0) is 23.9. The molecule has 0 radical (unpaired) electrons. The smallest absolute Gasteiger partial charge is 0.323 e. The van der Waals surface area contributed by atoms with E-state index in [-0.39, 0.29) is 6.03 Å². The minimum absolute atomic E-state index is 0.276. The molecule has 0 spiro atoms. The predicted molar refractivity (Wildman–Crippen MR) is 141 cm³/mol. The predicted octanol–water partition coefficient (Wildman–Crippen LogP) is 6.97. The Bertz CT molecular complexity index is 1080. The van der Waals surface area contributed by atoms with Gasteiger partial charge in [0.15, 0.2) is 0 Å². The molecule has 4 rings (SSSR count). The van der Waals surface area contributed by atoms with Crippen LogP contribution in [0.25, 0.3) is 10.9 Å². The molecule has 3 N–H and O–H groups in total. The highest BCUT2D eigenvalue weighted by molar-refractivity contribution is 6.02. The number of carbonyl (C=O) groups excluding carboxylic acids is 1. The van der Waals surface area contributed by atoms with Gasteiger partial charge in [0, 0.05) is 28.8 Å². The van der Waals surface area contributed by atoms with Gasteiger partial charge in [0.25, 0.3) is 0 Å². The van der Waals surface area contributed by atoms with E-state index in [4.69, 9.17) is 4.74 Å². The van der Waals surface area contributed by atoms with Gasteiger partial charge in [0.1, 0.15) is 5.75 Å². The fourth-order valence-corrected chi connectivity index (χ4v) is 5.00. The maximum absolute atomic E-state index is 12.7. The number of ether oxygens (including phenoxy) is 1. The van der Waals surface area contributed by atoms with Crippen LogP contribution >= 0.6 is 0 Å². The number of H-pyrrole nitrogens is 1. The number of fused-ring (bicyclic) bond motifs is 1. The molecule has 0 saturated carbocycles. The van der Waals surface area contributed by atoms with E-state index < -0.39 is 0 Å². The zero-order valence-electron chi connectivity index (χ0n) is 20.7. The SMILES string of the molecule is CCCOc1ccccc1NC(=O)Nc1ccc2[nH]cc(C3CCN(C(C)CCC)CC3)c2c1. The number of likely N-dealkylation sites (tertiary alicyclic amines) is 1. The Balaban J connectivity index is 1.42. The van der Waals surface area contributed by atoms with Crippen molar-refractivity contribution in [2.24, 2.45) is 0 Å². The van der Waals surface area contributed by atoms with E-state index in [9.17, 15) is 4.79 Å². The van der Waals surface area contributed by atoms with Crippen molar-refractivity contribution < 1.29 is 9.53 Å². The largest absolute Gasteiger partial charge is 0.491 e. The maximum Gasteiger partial charge on any atom is 0.323 e. The summed E-state index contributed by atoms with van der Waals surface area (Å²) in [6.45, 7) is 9.60. The third-order valence-electron chi connectivity index (χ3n) is 6.87. The highest BCUT2D eigenvalue weighted by Crippen LogP contribution is 2.35. The van der Waals surface area contributed by atoms with Crippen molar-refractivity contribution in [3.63, 3.8) is 0 Å². The number of hydrogen-bond donors (Lipinski definition) is 3. The van der Waals surface area contributed by atoms with E-state index in [2.05, 4.69) is 53.6 Å². The Labute approximate surface area is 203 Å². The number of nitrogens with one attached hydrogen (secondary N) is 3. The Morgan fingerprint density at radius 3 is 2.68 bits per heavy atom. The Morgan fingerprint density at radius 2 is 1.91 bits per heavy atom. The lowest BCUT2D eigenvalue weighted by atomic mass is 9.88. The van der Waals surface area contributed by atoms with Gasteiger partial charge in [-0.05, 0) is 87.5 Å². The molecule has 34 heavy (non-hydrogen) atoms. The molecule has 6 heteroatoms. The van der Waals surface area contributed by atoms with E-state index >= 15 is 0 Å². The van der Waals surface area contributed by atoms with Gasteiger partial charge in [-0.15, -0.1) is 0 Å². The number of rotatable bonds is 9. The Hall–Kier alpha value is -2.99. The number of anilines is 2. The summed E-state index contributed by atoms with van der Waals surface area (Å²) in [4.78, 5) is 18.8. The van der Waals surface area contributed by atoms with Crippen LogP contribution < -0.4 is 15.4 Å². The second kappa shape index (κ2) is 11.4. The minimum atomic E-state index is -0.276. The summed E-state index contributed by atoms with van der Waals surface area (Å²) in [6, 6.07) is 14.0. The quantitative estimate of drug-likeness (QED) is 0.322. The van der Waals surface area contributed by atoms with Crippen LogP contribution in [0, 0.1) is 0 Å². The second-order valence-corrected chi connectivity index (χ2v) is 9.38. The third kappa shape index (κ3) is 5.73. The lowest BCUT2D eigenvalue weighted by Gasteiger charge is -2.36. The summed E-state index contributed by atoms with van der Waals surface area (Å²) < 4.78 is 5.75. The van der Waals surface area contributed by atoms with Gasteiger partial charge in [-0.1, -0.05) is 32.4 Å². The van der Waals surface area contributed by atoms with Crippen molar-refractivity contribution in [3.05, 3.63) is 54.2 Å². The van der Waals surface area contributed by atoms with Crippen molar-refractivity contribution in [2.75, 3.05) is 30.3 Å². The minimum Gasteiger partial charge on any atom is -0.491 e. The van der Waals surface area contributed by atoms with Crippen LogP contribution in [0.5, 0.6) is 5.75 Å². The first-order valence-corrected chi connectivity index (χ1v) is 12.7. The fraction of sp³-hybridized carbons (Fsp3) is 0.464. The van der Waals surface area contributed by atoms with Gasteiger partial charge in [-0.3, -0.25) is 0 Å². The maximum atomic E-state index is 12.7. The molecular formula is C28H38N4O2. The topological polar surface area (TPSA) is 69.4 Å². The number of urea groups is 1. The molecule has 182 valence electrons. The highest BCUT2D eigenvalue weighted by Gasteiger charge is 2.25. The van der Waals surface area contributed by atoms with E-state index in [0.29, 0.717) is 30.0 Å². The van der Waals surface area contributed by atoms with E-state index in [0.717, 1.165) is 30.7 Å². The molecule has 2 aromatic carbocycles. The molecule has 1 aliphatic rings. The molecule has 1 saturated heterocycles. The molecule has 0 aliphatic carbocycles. The van der Waals surface area contributed by atoms with Crippen molar-refractivity contribution in [2.45, 2.75) is 64.8 Å². The summed E-state index contributed by atoms with van der Waals surface area (Å²) in [7, 11) is 0. The lowest BCUT2D eigenvalue weighted by molar-refractivity contribution is 0.155. The standard InChI is InChI=1S/C28H38N4O2/c1-4-8-20(3)32-15-13-21(14-16-32)24-19-29-25-12-11-22(18-23(24)25)30-28(33)31-26-9-6-7-10-27(26)34-17-5-2/h6-7,9-12,18-21,29H,4-5,8,13-17H2,1-3H3,(H2,30,31,33). The van der Waals surface area contributed by atoms with Gasteiger partial charge in [0.05, 0.1) is 12.3 Å². The Kier molecular flexibility index (Phi) is 8.12. The first kappa shape index (κ1) is 24.1.